The SMILES string of the molecule is CNc1cncc(Cc2nc(-c3ccccc3)cs2)n1. The van der Waals surface area contributed by atoms with E-state index in [2.05, 4.69) is 37.8 Å². The molecule has 0 fully saturated rings. The van der Waals surface area contributed by atoms with E-state index in [0.29, 0.717) is 6.42 Å². The molecule has 0 saturated heterocycles. The van der Waals surface area contributed by atoms with Crippen molar-refractivity contribution in [2.75, 3.05) is 12.4 Å². The van der Waals surface area contributed by atoms with Crippen LogP contribution in [-0.2, 0) is 6.42 Å². The van der Waals surface area contributed by atoms with Crippen molar-refractivity contribution in [3.63, 3.8) is 0 Å². The van der Waals surface area contributed by atoms with Gasteiger partial charge in [-0.2, -0.15) is 0 Å². The Morgan fingerprint density at radius 2 is 1.95 bits per heavy atom. The lowest BCUT2D eigenvalue weighted by Crippen LogP contribution is -1.98. The van der Waals surface area contributed by atoms with E-state index in [-0.39, 0.29) is 0 Å². The monoisotopic (exact) mass is 282 g/mol. The fourth-order valence-corrected chi connectivity index (χ4v) is 2.72. The van der Waals surface area contributed by atoms with Gasteiger partial charge in [0.15, 0.2) is 0 Å². The van der Waals surface area contributed by atoms with Crippen molar-refractivity contribution in [3.8, 4) is 11.3 Å². The smallest absolute Gasteiger partial charge is 0.144 e. The summed E-state index contributed by atoms with van der Waals surface area (Å²) < 4.78 is 0. The molecule has 0 spiro atoms. The standard InChI is InChI=1S/C15H14N4S/c1-16-14-9-17-8-12(18-14)7-15-19-13(10-20-15)11-5-3-2-4-6-11/h2-6,8-10H,7H2,1H3,(H,16,18). The minimum Gasteiger partial charge on any atom is -0.372 e. The third-order valence-electron chi connectivity index (χ3n) is 2.89. The maximum atomic E-state index is 4.66. The highest BCUT2D eigenvalue weighted by atomic mass is 32.1. The van der Waals surface area contributed by atoms with E-state index in [1.165, 1.54) is 0 Å². The third kappa shape index (κ3) is 2.83. The summed E-state index contributed by atoms with van der Waals surface area (Å²) in [5.41, 5.74) is 3.08. The molecule has 0 aliphatic rings. The number of anilines is 1. The average Bonchev–Trinajstić information content (AvgIpc) is 2.97. The van der Waals surface area contributed by atoms with Crippen LogP contribution in [-0.4, -0.2) is 22.0 Å². The van der Waals surface area contributed by atoms with E-state index in [0.717, 1.165) is 27.8 Å². The van der Waals surface area contributed by atoms with Crippen LogP contribution >= 0.6 is 11.3 Å². The predicted molar refractivity (Wildman–Crippen MR) is 81.9 cm³/mol. The third-order valence-corrected chi connectivity index (χ3v) is 3.74. The topological polar surface area (TPSA) is 50.7 Å². The van der Waals surface area contributed by atoms with Crippen molar-refractivity contribution in [2.24, 2.45) is 0 Å². The Kier molecular flexibility index (Phi) is 3.69. The van der Waals surface area contributed by atoms with Gasteiger partial charge in [-0.25, -0.2) is 9.97 Å². The van der Waals surface area contributed by atoms with Gasteiger partial charge in [0.05, 0.1) is 22.6 Å². The second-order valence-corrected chi connectivity index (χ2v) is 5.26. The Hall–Kier alpha value is -2.27. The van der Waals surface area contributed by atoms with Crippen LogP contribution in [0.3, 0.4) is 0 Å². The largest absolute Gasteiger partial charge is 0.372 e. The van der Waals surface area contributed by atoms with Gasteiger partial charge in [0.2, 0.25) is 0 Å². The van der Waals surface area contributed by atoms with Gasteiger partial charge in [0.1, 0.15) is 5.82 Å². The Balaban J connectivity index is 1.80. The molecule has 5 heteroatoms. The van der Waals surface area contributed by atoms with Gasteiger partial charge in [-0.05, 0) is 0 Å². The molecule has 1 N–H and O–H groups in total. The molecule has 0 unspecified atom stereocenters. The molecule has 0 atom stereocenters. The summed E-state index contributed by atoms with van der Waals surface area (Å²) in [5.74, 6) is 0.780. The first-order chi connectivity index (χ1) is 9.85. The van der Waals surface area contributed by atoms with Gasteiger partial charge < -0.3 is 5.32 Å². The number of thiazole rings is 1. The normalized spacial score (nSPS) is 10.4. The summed E-state index contributed by atoms with van der Waals surface area (Å²) in [6.07, 6.45) is 4.20. The number of nitrogens with zero attached hydrogens (tertiary/aromatic N) is 3. The molecule has 3 aromatic rings. The number of benzene rings is 1. The first kappa shape index (κ1) is 12.7. The minimum atomic E-state index is 0.708. The summed E-state index contributed by atoms with van der Waals surface area (Å²) in [7, 11) is 1.84. The first-order valence-corrected chi connectivity index (χ1v) is 7.21. The lowest BCUT2D eigenvalue weighted by molar-refractivity contribution is 1.02. The predicted octanol–water partition coefficient (Wildman–Crippen LogP) is 3.23. The molecular formula is C15H14N4S. The van der Waals surface area contributed by atoms with Crippen LogP contribution < -0.4 is 5.32 Å². The maximum absolute atomic E-state index is 4.66. The van der Waals surface area contributed by atoms with Crippen molar-refractivity contribution >= 4 is 17.2 Å². The molecular weight excluding hydrogens is 268 g/mol. The molecule has 0 saturated carbocycles. The van der Waals surface area contributed by atoms with Crippen LogP contribution in [0.4, 0.5) is 5.82 Å². The number of rotatable bonds is 4. The van der Waals surface area contributed by atoms with Gasteiger partial charge in [0, 0.05) is 30.6 Å². The summed E-state index contributed by atoms with van der Waals surface area (Å²) >= 11 is 1.65. The number of nitrogens with one attached hydrogen (secondary N) is 1. The van der Waals surface area contributed by atoms with Crippen LogP contribution in [0.2, 0.25) is 0 Å². The van der Waals surface area contributed by atoms with Crippen molar-refractivity contribution in [3.05, 3.63) is 58.8 Å². The maximum Gasteiger partial charge on any atom is 0.144 e. The highest BCUT2D eigenvalue weighted by Gasteiger charge is 2.06. The van der Waals surface area contributed by atoms with Crippen LogP contribution in [0.1, 0.15) is 10.7 Å². The molecule has 20 heavy (non-hydrogen) atoms. The molecule has 0 aliphatic heterocycles. The summed E-state index contributed by atoms with van der Waals surface area (Å²) in [5, 5.41) is 6.12. The Labute approximate surface area is 121 Å². The second kappa shape index (κ2) is 5.79. The van der Waals surface area contributed by atoms with E-state index in [4.69, 9.17) is 0 Å². The lowest BCUT2D eigenvalue weighted by Gasteiger charge is -2.01. The van der Waals surface area contributed by atoms with Gasteiger partial charge in [-0.1, -0.05) is 30.3 Å². The lowest BCUT2D eigenvalue weighted by atomic mass is 10.2. The molecule has 2 aromatic heterocycles. The first-order valence-electron chi connectivity index (χ1n) is 6.33. The summed E-state index contributed by atoms with van der Waals surface area (Å²) in [6.45, 7) is 0. The zero-order chi connectivity index (χ0) is 13.8. The number of hydrogen-bond donors (Lipinski definition) is 1. The van der Waals surface area contributed by atoms with E-state index in [1.54, 1.807) is 23.7 Å². The Morgan fingerprint density at radius 3 is 2.75 bits per heavy atom. The van der Waals surface area contributed by atoms with Crippen molar-refractivity contribution in [1.82, 2.24) is 15.0 Å². The number of hydrogen-bond acceptors (Lipinski definition) is 5. The fourth-order valence-electron chi connectivity index (χ4n) is 1.90. The zero-order valence-corrected chi connectivity index (χ0v) is 11.9. The van der Waals surface area contributed by atoms with Crippen LogP contribution in [0.25, 0.3) is 11.3 Å². The molecule has 4 nitrogen and oxygen atoms in total. The van der Waals surface area contributed by atoms with Gasteiger partial charge in [-0.3, -0.25) is 4.98 Å². The molecule has 3 rings (SSSR count). The van der Waals surface area contributed by atoms with E-state index in [1.807, 2.05) is 25.2 Å². The molecule has 0 radical (unpaired) electrons. The van der Waals surface area contributed by atoms with Crippen LogP contribution in [0.15, 0.2) is 48.1 Å². The quantitative estimate of drug-likeness (QED) is 0.798. The minimum absolute atomic E-state index is 0.708. The Bertz CT molecular complexity index is 694. The molecule has 0 bridgehead atoms. The van der Waals surface area contributed by atoms with Crippen molar-refractivity contribution < 1.29 is 0 Å². The van der Waals surface area contributed by atoms with Crippen molar-refractivity contribution in [1.29, 1.82) is 0 Å². The van der Waals surface area contributed by atoms with E-state index >= 15 is 0 Å². The number of aromatic nitrogens is 3. The highest BCUT2D eigenvalue weighted by molar-refractivity contribution is 7.10. The van der Waals surface area contributed by atoms with Crippen LogP contribution in [0.5, 0.6) is 0 Å². The molecule has 100 valence electrons. The summed E-state index contributed by atoms with van der Waals surface area (Å²) in [6, 6.07) is 10.2. The molecule has 0 amide bonds. The second-order valence-electron chi connectivity index (χ2n) is 4.31. The Morgan fingerprint density at radius 1 is 1.10 bits per heavy atom. The molecule has 1 aromatic carbocycles. The highest BCUT2D eigenvalue weighted by Crippen LogP contribution is 2.22. The van der Waals surface area contributed by atoms with Crippen LogP contribution in [0, 0.1) is 0 Å². The van der Waals surface area contributed by atoms with Gasteiger partial charge >= 0.3 is 0 Å². The van der Waals surface area contributed by atoms with E-state index in [9.17, 15) is 0 Å². The average molecular weight is 282 g/mol. The van der Waals surface area contributed by atoms with Gasteiger partial charge in [-0.15, -0.1) is 11.3 Å². The van der Waals surface area contributed by atoms with Crippen molar-refractivity contribution in [2.45, 2.75) is 6.42 Å². The molecule has 2 heterocycles. The fraction of sp³-hybridized carbons (Fsp3) is 0.133. The van der Waals surface area contributed by atoms with Gasteiger partial charge in [0.25, 0.3) is 0 Å². The van der Waals surface area contributed by atoms with E-state index < -0.39 is 0 Å². The summed E-state index contributed by atoms with van der Waals surface area (Å²) in [4.78, 5) is 13.3. The molecule has 0 aliphatic carbocycles. The zero-order valence-electron chi connectivity index (χ0n) is 11.1.